The summed E-state index contributed by atoms with van der Waals surface area (Å²) in [5.41, 5.74) is -0.472. The van der Waals surface area contributed by atoms with Gasteiger partial charge in [0.25, 0.3) is 5.91 Å². The normalized spacial score (nSPS) is 10.3. The highest BCUT2D eigenvalue weighted by atomic mass is 79.9. The second-order valence-corrected chi connectivity index (χ2v) is 5.38. The fraction of sp³-hybridized carbons (Fsp3) is 0.0833. The van der Waals surface area contributed by atoms with E-state index in [4.69, 9.17) is 4.74 Å². The molecule has 1 aromatic carbocycles. The van der Waals surface area contributed by atoms with Crippen LogP contribution in [0.3, 0.4) is 0 Å². The van der Waals surface area contributed by atoms with Gasteiger partial charge in [0.15, 0.2) is 11.6 Å². The molecule has 0 atom stereocenters. The average Bonchev–Trinajstić information content (AvgIpc) is 2.82. The van der Waals surface area contributed by atoms with E-state index in [-0.39, 0.29) is 4.47 Å². The molecule has 100 valence electrons. The Hall–Kier alpha value is -1.47. The van der Waals surface area contributed by atoms with Crippen LogP contribution in [0.2, 0.25) is 0 Å². The first-order chi connectivity index (χ1) is 9.01. The highest BCUT2D eigenvalue weighted by molar-refractivity contribution is 9.10. The Balaban J connectivity index is 2.24. The number of halogens is 3. The van der Waals surface area contributed by atoms with Crippen molar-refractivity contribution in [1.29, 1.82) is 0 Å². The molecule has 3 nitrogen and oxygen atoms in total. The lowest BCUT2D eigenvalue weighted by atomic mass is 10.3. The summed E-state index contributed by atoms with van der Waals surface area (Å²) in [6.45, 7) is 0. The molecule has 1 amide bonds. The summed E-state index contributed by atoms with van der Waals surface area (Å²) >= 11 is 4.09. The molecule has 2 rings (SSSR count). The minimum absolute atomic E-state index is 0.262. The third-order valence-electron chi connectivity index (χ3n) is 2.28. The first-order valence-electron chi connectivity index (χ1n) is 5.09. The van der Waals surface area contributed by atoms with Gasteiger partial charge in [-0.05, 0) is 12.1 Å². The molecular weight excluding hydrogens is 340 g/mol. The van der Waals surface area contributed by atoms with Crippen LogP contribution in [0.25, 0.3) is 0 Å². The van der Waals surface area contributed by atoms with Crippen molar-refractivity contribution >= 4 is 38.9 Å². The van der Waals surface area contributed by atoms with Gasteiger partial charge in [-0.3, -0.25) is 4.79 Å². The van der Waals surface area contributed by atoms with E-state index in [9.17, 15) is 13.6 Å². The van der Waals surface area contributed by atoms with Crippen LogP contribution in [-0.2, 0) is 0 Å². The number of methoxy groups -OCH3 is 1. The van der Waals surface area contributed by atoms with Crippen LogP contribution >= 0.6 is 27.3 Å². The number of carbonyl (C=O) groups is 1. The topological polar surface area (TPSA) is 38.3 Å². The zero-order valence-electron chi connectivity index (χ0n) is 9.67. The Morgan fingerprint density at radius 2 is 1.95 bits per heavy atom. The van der Waals surface area contributed by atoms with Gasteiger partial charge >= 0.3 is 0 Å². The molecule has 1 heterocycles. The highest BCUT2D eigenvalue weighted by Gasteiger charge is 2.16. The third-order valence-corrected chi connectivity index (χ3v) is 3.65. The fourth-order valence-corrected chi connectivity index (χ4v) is 2.53. The summed E-state index contributed by atoms with van der Waals surface area (Å²) in [5, 5.41) is 3.83. The number of thiophene rings is 1. The summed E-state index contributed by atoms with van der Waals surface area (Å²) in [7, 11) is 1.47. The molecule has 0 saturated carbocycles. The van der Waals surface area contributed by atoms with E-state index in [0.29, 0.717) is 10.6 Å². The quantitative estimate of drug-likeness (QED) is 0.909. The van der Waals surface area contributed by atoms with Crippen LogP contribution in [0.4, 0.5) is 14.5 Å². The molecule has 1 aromatic heterocycles. The number of hydrogen-bond donors (Lipinski definition) is 1. The Labute approximate surface area is 120 Å². The molecule has 0 radical (unpaired) electrons. The molecule has 0 fully saturated rings. The molecule has 0 bridgehead atoms. The van der Waals surface area contributed by atoms with Crippen molar-refractivity contribution in [3.8, 4) is 5.75 Å². The lowest BCUT2D eigenvalue weighted by Crippen LogP contribution is -2.13. The molecule has 0 saturated heterocycles. The minimum Gasteiger partial charge on any atom is -0.496 e. The van der Waals surface area contributed by atoms with Crippen LogP contribution in [0.1, 0.15) is 9.67 Å². The molecular formula is C12H8BrF2NO2S. The zero-order valence-corrected chi connectivity index (χ0v) is 12.1. The van der Waals surface area contributed by atoms with Crippen molar-refractivity contribution in [2.24, 2.45) is 0 Å². The number of ether oxygens (including phenoxy) is 1. The number of nitrogens with one attached hydrogen (secondary N) is 1. The van der Waals surface area contributed by atoms with Crippen LogP contribution in [0.15, 0.2) is 28.1 Å². The van der Waals surface area contributed by atoms with E-state index in [0.717, 1.165) is 23.5 Å². The van der Waals surface area contributed by atoms with Gasteiger partial charge in [-0.25, -0.2) is 8.78 Å². The minimum atomic E-state index is -0.844. The van der Waals surface area contributed by atoms with Crippen LogP contribution in [-0.4, -0.2) is 13.0 Å². The van der Waals surface area contributed by atoms with Crippen molar-refractivity contribution in [2.75, 3.05) is 12.4 Å². The number of carbonyl (C=O) groups excluding carboxylic acids is 1. The zero-order chi connectivity index (χ0) is 14.0. The first kappa shape index (κ1) is 14.0. The SMILES string of the molecule is COc1csc(C(=O)Nc2c(F)cc(Br)cc2F)c1. The van der Waals surface area contributed by atoms with Gasteiger partial charge in [-0.1, -0.05) is 15.9 Å². The predicted molar refractivity (Wildman–Crippen MR) is 72.9 cm³/mol. The second-order valence-electron chi connectivity index (χ2n) is 3.55. The van der Waals surface area contributed by atoms with Gasteiger partial charge in [-0.2, -0.15) is 0 Å². The summed E-state index contributed by atoms with van der Waals surface area (Å²) in [6.07, 6.45) is 0. The number of benzene rings is 1. The maximum Gasteiger partial charge on any atom is 0.266 e. The average molecular weight is 348 g/mol. The summed E-state index contributed by atoms with van der Waals surface area (Å²) in [5.74, 6) is -1.76. The smallest absolute Gasteiger partial charge is 0.266 e. The van der Waals surface area contributed by atoms with Crippen molar-refractivity contribution < 1.29 is 18.3 Å². The largest absolute Gasteiger partial charge is 0.496 e. The summed E-state index contributed by atoms with van der Waals surface area (Å²) in [4.78, 5) is 12.1. The summed E-state index contributed by atoms with van der Waals surface area (Å²) < 4.78 is 32.3. The Morgan fingerprint density at radius 3 is 2.47 bits per heavy atom. The first-order valence-corrected chi connectivity index (χ1v) is 6.77. The van der Waals surface area contributed by atoms with Crippen molar-refractivity contribution in [2.45, 2.75) is 0 Å². The van der Waals surface area contributed by atoms with E-state index in [1.54, 1.807) is 5.38 Å². The predicted octanol–water partition coefficient (Wildman–Crippen LogP) is 4.05. The monoisotopic (exact) mass is 347 g/mol. The highest BCUT2D eigenvalue weighted by Crippen LogP contribution is 2.26. The molecule has 1 N–H and O–H groups in total. The molecule has 0 unspecified atom stereocenters. The van der Waals surface area contributed by atoms with Crippen LogP contribution in [0.5, 0.6) is 5.75 Å². The van der Waals surface area contributed by atoms with E-state index >= 15 is 0 Å². The van der Waals surface area contributed by atoms with Crippen molar-refractivity contribution in [3.63, 3.8) is 0 Å². The molecule has 0 aliphatic carbocycles. The second kappa shape index (κ2) is 5.66. The van der Waals surface area contributed by atoms with Gasteiger partial charge in [0.2, 0.25) is 0 Å². The van der Waals surface area contributed by atoms with Crippen LogP contribution in [0, 0.1) is 11.6 Å². The molecule has 19 heavy (non-hydrogen) atoms. The number of rotatable bonds is 3. The molecule has 0 aliphatic rings. The van der Waals surface area contributed by atoms with Crippen molar-refractivity contribution in [3.05, 3.63) is 44.6 Å². The number of anilines is 1. The molecule has 7 heteroatoms. The molecule has 0 spiro atoms. The number of amides is 1. The lowest BCUT2D eigenvalue weighted by Gasteiger charge is -2.06. The van der Waals surface area contributed by atoms with E-state index in [2.05, 4.69) is 21.2 Å². The fourth-order valence-electron chi connectivity index (χ4n) is 1.38. The maximum absolute atomic E-state index is 13.6. The third kappa shape index (κ3) is 3.10. The van der Waals surface area contributed by atoms with E-state index in [1.165, 1.54) is 13.2 Å². The van der Waals surface area contributed by atoms with Crippen molar-refractivity contribution in [1.82, 2.24) is 0 Å². The van der Waals surface area contributed by atoms with E-state index in [1.807, 2.05) is 0 Å². The standard InChI is InChI=1S/C12H8BrF2NO2S/c1-18-7-4-10(19-5-7)12(17)16-11-8(14)2-6(13)3-9(11)15/h2-5H,1H3,(H,16,17). The Kier molecular flexibility index (Phi) is 4.16. The lowest BCUT2D eigenvalue weighted by molar-refractivity contribution is 0.102. The van der Waals surface area contributed by atoms with E-state index < -0.39 is 23.2 Å². The maximum atomic E-state index is 13.6. The van der Waals surface area contributed by atoms with Gasteiger partial charge in [-0.15, -0.1) is 11.3 Å². The van der Waals surface area contributed by atoms with Gasteiger partial charge in [0.05, 0.1) is 12.0 Å². The van der Waals surface area contributed by atoms with Gasteiger partial charge in [0, 0.05) is 15.9 Å². The molecule has 2 aromatic rings. The van der Waals surface area contributed by atoms with Gasteiger partial charge < -0.3 is 10.1 Å². The summed E-state index contributed by atoms with van der Waals surface area (Å²) in [6, 6.07) is 3.65. The Morgan fingerprint density at radius 1 is 1.32 bits per heavy atom. The number of hydrogen-bond acceptors (Lipinski definition) is 3. The molecule has 0 aliphatic heterocycles. The van der Waals surface area contributed by atoms with Crippen LogP contribution < -0.4 is 10.1 Å². The Bertz CT molecular complexity index is 607. The van der Waals surface area contributed by atoms with Gasteiger partial charge in [0.1, 0.15) is 11.4 Å².